The number of ether oxygens (including phenoxy) is 1. The number of Topliss-reactive ketones (excluding diaryl/α,β-unsaturated/α-hetero) is 1. The number of hydrogen-bond donors (Lipinski definition) is 0. The Hall–Kier alpha value is -1.30. The Labute approximate surface area is 110 Å². The number of ketones is 1. The van der Waals surface area contributed by atoms with Gasteiger partial charge >= 0.3 is 6.18 Å². The Bertz CT molecular complexity index is 399. The van der Waals surface area contributed by atoms with E-state index in [1.54, 1.807) is 7.05 Å². The van der Waals surface area contributed by atoms with E-state index < -0.39 is 12.1 Å². The summed E-state index contributed by atoms with van der Waals surface area (Å²) in [6.45, 7) is 2.01. The van der Waals surface area contributed by atoms with Crippen LogP contribution >= 0.6 is 0 Å². The molecule has 0 saturated carbocycles. The molecule has 0 aromatic heterocycles. The summed E-state index contributed by atoms with van der Waals surface area (Å²) in [5, 5.41) is 0. The second-order valence-electron chi connectivity index (χ2n) is 4.55. The van der Waals surface area contributed by atoms with Crippen molar-refractivity contribution in [1.82, 2.24) is 4.90 Å². The van der Waals surface area contributed by atoms with E-state index in [-0.39, 0.29) is 23.5 Å². The van der Waals surface area contributed by atoms with E-state index in [2.05, 4.69) is 0 Å². The van der Waals surface area contributed by atoms with Crippen LogP contribution in [0.2, 0.25) is 0 Å². The molecule has 108 valence electrons. The first-order chi connectivity index (χ1) is 8.77. The first-order valence-electron chi connectivity index (χ1n) is 5.95. The van der Waals surface area contributed by atoms with E-state index in [9.17, 15) is 18.0 Å². The number of alkyl halides is 3. The summed E-state index contributed by atoms with van der Waals surface area (Å²) in [4.78, 5) is 12.7. The molecule has 0 saturated heterocycles. The summed E-state index contributed by atoms with van der Waals surface area (Å²) >= 11 is 0. The molecule has 0 aromatic carbocycles. The molecule has 0 aliphatic heterocycles. The van der Waals surface area contributed by atoms with Gasteiger partial charge in [-0.2, -0.15) is 13.2 Å². The maximum atomic E-state index is 13.1. The topological polar surface area (TPSA) is 29.5 Å². The predicted molar refractivity (Wildman–Crippen MR) is 65.5 cm³/mol. The largest absolute Gasteiger partial charge is 0.397 e. The van der Waals surface area contributed by atoms with Crippen LogP contribution in [0.4, 0.5) is 13.2 Å². The molecule has 0 fully saturated rings. The number of nitrogens with zero attached hydrogens (tertiary/aromatic N) is 1. The predicted octanol–water partition coefficient (Wildman–Crippen LogP) is 2.55. The summed E-state index contributed by atoms with van der Waals surface area (Å²) in [6, 6.07) is 0. The Morgan fingerprint density at radius 3 is 2.58 bits per heavy atom. The molecule has 1 unspecified atom stereocenters. The van der Waals surface area contributed by atoms with Gasteiger partial charge in [-0.3, -0.25) is 4.79 Å². The van der Waals surface area contributed by atoms with E-state index >= 15 is 0 Å². The van der Waals surface area contributed by atoms with Crippen molar-refractivity contribution in [2.75, 3.05) is 27.3 Å². The molecule has 3 nitrogen and oxygen atoms in total. The zero-order valence-corrected chi connectivity index (χ0v) is 11.3. The van der Waals surface area contributed by atoms with Gasteiger partial charge in [-0.1, -0.05) is 6.08 Å². The highest BCUT2D eigenvalue weighted by atomic mass is 19.4. The van der Waals surface area contributed by atoms with Crippen LogP contribution in [0.25, 0.3) is 0 Å². The minimum absolute atomic E-state index is 0.176. The van der Waals surface area contributed by atoms with Crippen LogP contribution in [0.3, 0.4) is 0 Å². The van der Waals surface area contributed by atoms with Crippen LogP contribution < -0.4 is 0 Å². The van der Waals surface area contributed by atoms with Gasteiger partial charge in [-0.15, -0.1) is 0 Å². The highest BCUT2D eigenvalue weighted by Gasteiger charge is 2.44. The van der Waals surface area contributed by atoms with Gasteiger partial charge in [0.2, 0.25) is 0 Å². The fraction of sp³-hybridized carbons (Fsp3) is 0.615. The maximum absolute atomic E-state index is 13.1. The first kappa shape index (κ1) is 15.8. The third-order valence-corrected chi connectivity index (χ3v) is 3.16. The lowest BCUT2D eigenvalue weighted by atomic mass is 9.88. The summed E-state index contributed by atoms with van der Waals surface area (Å²) in [5.41, 5.74) is 0.390. The minimum atomic E-state index is -4.36. The lowest BCUT2D eigenvalue weighted by Gasteiger charge is -2.32. The summed E-state index contributed by atoms with van der Waals surface area (Å²) in [5.74, 6) is -1.94. The fourth-order valence-corrected chi connectivity index (χ4v) is 1.99. The standard InChI is InChI=1S/C13H18F3NO2/c1-9(18)10-4-5-12(17(2)6-7-19-3)11(8-10)13(14,15)16/h4-5,11H,6-8H2,1-3H3. The number of rotatable bonds is 5. The normalized spacial score (nSPS) is 19.8. The van der Waals surface area contributed by atoms with Crippen molar-refractivity contribution in [3.63, 3.8) is 0 Å². The molecule has 1 rings (SSSR count). The van der Waals surface area contributed by atoms with E-state index in [0.29, 0.717) is 13.2 Å². The van der Waals surface area contributed by atoms with Gasteiger partial charge in [0.05, 0.1) is 12.5 Å². The monoisotopic (exact) mass is 277 g/mol. The highest BCUT2D eigenvalue weighted by molar-refractivity contribution is 5.93. The highest BCUT2D eigenvalue weighted by Crippen LogP contribution is 2.39. The van der Waals surface area contributed by atoms with Gasteiger partial charge in [-0.25, -0.2) is 0 Å². The molecular formula is C13H18F3NO2. The second-order valence-corrected chi connectivity index (χ2v) is 4.55. The van der Waals surface area contributed by atoms with E-state index in [1.165, 1.54) is 31.1 Å². The first-order valence-corrected chi connectivity index (χ1v) is 5.95. The average Bonchev–Trinajstić information content (AvgIpc) is 2.34. The van der Waals surface area contributed by atoms with Crippen molar-refractivity contribution < 1.29 is 22.7 Å². The second kappa shape index (κ2) is 6.23. The van der Waals surface area contributed by atoms with E-state index in [1.807, 2.05) is 0 Å². The van der Waals surface area contributed by atoms with Crippen LogP contribution in [-0.4, -0.2) is 44.2 Å². The lowest BCUT2D eigenvalue weighted by Crippen LogP contribution is -2.36. The SMILES string of the molecule is COCCN(C)C1=CC=C(C(C)=O)CC1C(F)(F)F. The molecule has 0 amide bonds. The number of allylic oxidation sites excluding steroid dienone is 4. The zero-order chi connectivity index (χ0) is 14.6. The van der Waals surface area contributed by atoms with Crippen LogP contribution in [-0.2, 0) is 9.53 Å². The molecule has 0 aromatic rings. The molecule has 0 radical (unpaired) electrons. The van der Waals surface area contributed by atoms with E-state index in [0.717, 1.165) is 0 Å². The number of likely N-dealkylation sites (N-methyl/N-ethyl adjacent to an activating group) is 1. The number of halogens is 3. The van der Waals surface area contributed by atoms with Gasteiger partial charge in [0.25, 0.3) is 0 Å². The molecule has 1 aliphatic carbocycles. The molecule has 19 heavy (non-hydrogen) atoms. The summed E-state index contributed by atoms with van der Waals surface area (Å²) in [6.07, 6.45) is -1.79. The fourth-order valence-electron chi connectivity index (χ4n) is 1.99. The lowest BCUT2D eigenvalue weighted by molar-refractivity contribution is -0.168. The van der Waals surface area contributed by atoms with E-state index in [4.69, 9.17) is 4.74 Å². The van der Waals surface area contributed by atoms with Crippen molar-refractivity contribution in [3.05, 3.63) is 23.4 Å². The van der Waals surface area contributed by atoms with Crippen LogP contribution in [0.15, 0.2) is 23.4 Å². The molecule has 0 heterocycles. The number of hydrogen-bond acceptors (Lipinski definition) is 3. The van der Waals surface area contributed by atoms with Crippen molar-refractivity contribution >= 4 is 5.78 Å². The Balaban J connectivity index is 2.98. The Kier molecular flexibility index (Phi) is 5.17. The third-order valence-electron chi connectivity index (χ3n) is 3.16. The van der Waals surface area contributed by atoms with Crippen molar-refractivity contribution in [2.45, 2.75) is 19.5 Å². The van der Waals surface area contributed by atoms with Crippen molar-refractivity contribution in [3.8, 4) is 0 Å². The molecule has 0 bridgehead atoms. The quantitative estimate of drug-likeness (QED) is 0.773. The van der Waals surface area contributed by atoms with Gasteiger partial charge in [-0.05, 0) is 25.0 Å². The van der Waals surface area contributed by atoms with Gasteiger partial charge in [0.15, 0.2) is 5.78 Å². The van der Waals surface area contributed by atoms with Crippen LogP contribution in [0.1, 0.15) is 13.3 Å². The average molecular weight is 277 g/mol. The van der Waals surface area contributed by atoms with Crippen molar-refractivity contribution in [2.24, 2.45) is 5.92 Å². The van der Waals surface area contributed by atoms with Crippen LogP contribution in [0, 0.1) is 5.92 Å². The molecule has 0 spiro atoms. The number of methoxy groups -OCH3 is 1. The number of carbonyl (C=O) groups is 1. The number of carbonyl (C=O) groups excluding carboxylic acids is 1. The molecule has 0 N–H and O–H groups in total. The Morgan fingerprint density at radius 1 is 1.47 bits per heavy atom. The molecule has 1 atom stereocenters. The molecule has 6 heteroatoms. The van der Waals surface area contributed by atoms with Gasteiger partial charge in [0, 0.05) is 26.4 Å². The smallest absolute Gasteiger partial charge is 0.383 e. The Morgan fingerprint density at radius 2 is 2.11 bits per heavy atom. The summed E-state index contributed by atoms with van der Waals surface area (Å²) in [7, 11) is 3.09. The van der Waals surface area contributed by atoms with Crippen molar-refractivity contribution in [1.29, 1.82) is 0 Å². The molecule has 1 aliphatic rings. The third kappa shape index (κ3) is 4.09. The van der Waals surface area contributed by atoms with Gasteiger partial charge < -0.3 is 9.64 Å². The maximum Gasteiger partial charge on any atom is 0.397 e. The zero-order valence-electron chi connectivity index (χ0n) is 11.3. The van der Waals surface area contributed by atoms with Crippen LogP contribution in [0.5, 0.6) is 0 Å². The summed E-state index contributed by atoms with van der Waals surface area (Å²) < 4.78 is 44.1. The van der Waals surface area contributed by atoms with Gasteiger partial charge in [0.1, 0.15) is 0 Å². The molecular weight excluding hydrogens is 259 g/mol. The minimum Gasteiger partial charge on any atom is -0.383 e.